The lowest BCUT2D eigenvalue weighted by Crippen LogP contribution is -2.33. The number of aromatic hydroxyl groups is 2. The van der Waals surface area contributed by atoms with Gasteiger partial charge in [-0.15, -0.1) is 0 Å². The van der Waals surface area contributed by atoms with Gasteiger partial charge in [0, 0.05) is 37.0 Å². The van der Waals surface area contributed by atoms with Crippen molar-refractivity contribution in [2.75, 3.05) is 37.7 Å². The number of fused-ring (bicyclic) bond motifs is 1. The molecule has 0 spiro atoms. The van der Waals surface area contributed by atoms with E-state index in [0.717, 1.165) is 52.8 Å². The fraction of sp³-hybridized carbons (Fsp3) is 0.312. The summed E-state index contributed by atoms with van der Waals surface area (Å²) in [7, 11) is 0. The van der Waals surface area contributed by atoms with Crippen molar-refractivity contribution < 1.29 is 19.3 Å². The highest BCUT2D eigenvalue weighted by Gasteiger charge is 2.16. The molecule has 6 heteroatoms. The number of hydrogen-bond donors (Lipinski definition) is 2. The van der Waals surface area contributed by atoms with Crippen LogP contribution in [0.15, 0.2) is 72.8 Å². The van der Waals surface area contributed by atoms with Crippen LogP contribution in [0.3, 0.4) is 0 Å². The van der Waals surface area contributed by atoms with E-state index in [4.69, 9.17) is 4.74 Å². The third-order valence-electron chi connectivity index (χ3n) is 7.32. The van der Waals surface area contributed by atoms with Crippen molar-refractivity contribution in [2.24, 2.45) is 0 Å². The molecular weight excluding hydrogens is 479 g/mol. The Labute approximate surface area is 223 Å². The first-order valence-corrected chi connectivity index (χ1v) is 13.4. The van der Waals surface area contributed by atoms with Gasteiger partial charge in [0.25, 0.3) is 0 Å². The SMILES string of the molecule is CCN(Cc1ccc(OCCN2CCCCC2)c(F)c1)c1cc(O)ccc1-c1ccc2cc(O)ccc2c1. The second-order valence-corrected chi connectivity index (χ2v) is 9.98. The zero-order valence-electron chi connectivity index (χ0n) is 21.9. The number of likely N-dealkylation sites (tertiary alicyclic amines) is 1. The molecular formula is C32H35FN2O3. The summed E-state index contributed by atoms with van der Waals surface area (Å²) in [4.78, 5) is 4.50. The maximum atomic E-state index is 14.9. The maximum Gasteiger partial charge on any atom is 0.165 e. The highest BCUT2D eigenvalue weighted by molar-refractivity contribution is 5.91. The van der Waals surface area contributed by atoms with Crippen LogP contribution in [0.1, 0.15) is 31.7 Å². The molecule has 0 aromatic heterocycles. The van der Waals surface area contributed by atoms with E-state index in [1.165, 1.54) is 19.3 Å². The van der Waals surface area contributed by atoms with Gasteiger partial charge in [0.05, 0.1) is 0 Å². The van der Waals surface area contributed by atoms with E-state index in [1.54, 1.807) is 36.4 Å². The summed E-state index contributed by atoms with van der Waals surface area (Å²) in [5, 5.41) is 22.1. The fourth-order valence-electron chi connectivity index (χ4n) is 5.24. The minimum atomic E-state index is -0.355. The van der Waals surface area contributed by atoms with Crippen LogP contribution in [-0.2, 0) is 6.54 Å². The third-order valence-corrected chi connectivity index (χ3v) is 7.32. The molecule has 1 heterocycles. The molecule has 5 nitrogen and oxygen atoms in total. The van der Waals surface area contributed by atoms with Gasteiger partial charge in [-0.2, -0.15) is 0 Å². The monoisotopic (exact) mass is 514 g/mol. The molecule has 1 fully saturated rings. The van der Waals surface area contributed by atoms with Crippen molar-refractivity contribution in [3.8, 4) is 28.4 Å². The molecule has 198 valence electrons. The number of benzene rings is 4. The fourth-order valence-corrected chi connectivity index (χ4v) is 5.24. The molecule has 2 N–H and O–H groups in total. The number of rotatable bonds is 9. The molecule has 4 aromatic rings. The lowest BCUT2D eigenvalue weighted by molar-refractivity contribution is 0.180. The zero-order chi connectivity index (χ0) is 26.5. The van der Waals surface area contributed by atoms with E-state index in [9.17, 15) is 14.6 Å². The Bertz CT molecular complexity index is 1400. The van der Waals surface area contributed by atoms with Crippen LogP contribution < -0.4 is 9.64 Å². The van der Waals surface area contributed by atoms with Crippen molar-refractivity contribution in [3.05, 3.63) is 84.2 Å². The number of nitrogens with zero attached hydrogens (tertiary/aromatic N) is 2. The molecule has 0 bridgehead atoms. The number of ether oxygens (including phenoxy) is 1. The van der Waals surface area contributed by atoms with Crippen molar-refractivity contribution in [3.63, 3.8) is 0 Å². The van der Waals surface area contributed by atoms with Gasteiger partial charge in [-0.1, -0.05) is 30.7 Å². The van der Waals surface area contributed by atoms with Crippen LogP contribution >= 0.6 is 0 Å². The molecule has 0 saturated carbocycles. The Morgan fingerprint density at radius 1 is 0.842 bits per heavy atom. The van der Waals surface area contributed by atoms with E-state index in [0.29, 0.717) is 19.7 Å². The molecule has 1 saturated heterocycles. The first-order chi connectivity index (χ1) is 18.5. The lowest BCUT2D eigenvalue weighted by atomic mass is 9.98. The van der Waals surface area contributed by atoms with Gasteiger partial charge in [-0.25, -0.2) is 4.39 Å². The largest absolute Gasteiger partial charge is 0.508 e. The number of piperidine rings is 1. The van der Waals surface area contributed by atoms with Crippen molar-refractivity contribution in [2.45, 2.75) is 32.7 Å². The molecule has 0 aliphatic carbocycles. The van der Waals surface area contributed by atoms with E-state index in [-0.39, 0.29) is 23.1 Å². The smallest absolute Gasteiger partial charge is 0.165 e. The number of phenolic OH excluding ortho intramolecular Hbond substituents is 2. The van der Waals surface area contributed by atoms with Crippen LogP contribution in [0.2, 0.25) is 0 Å². The topological polar surface area (TPSA) is 56.2 Å². The number of hydrogen-bond acceptors (Lipinski definition) is 5. The minimum absolute atomic E-state index is 0.177. The highest BCUT2D eigenvalue weighted by Crippen LogP contribution is 2.36. The Hall–Kier alpha value is -3.77. The average molecular weight is 515 g/mol. The van der Waals surface area contributed by atoms with E-state index in [1.807, 2.05) is 37.3 Å². The maximum absolute atomic E-state index is 14.9. The van der Waals surface area contributed by atoms with E-state index >= 15 is 0 Å². The van der Waals surface area contributed by atoms with Gasteiger partial charge in [-0.05, 0) is 97.2 Å². The Morgan fingerprint density at radius 2 is 1.58 bits per heavy atom. The number of halogens is 1. The molecule has 0 atom stereocenters. The number of phenols is 2. The summed E-state index contributed by atoms with van der Waals surface area (Å²) in [5.41, 5.74) is 3.67. The highest BCUT2D eigenvalue weighted by atomic mass is 19.1. The van der Waals surface area contributed by atoms with E-state index < -0.39 is 0 Å². The Morgan fingerprint density at radius 3 is 2.37 bits per heavy atom. The summed E-state index contributed by atoms with van der Waals surface area (Å²) in [6, 6.07) is 21.9. The van der Waals surface area contributed by atoms with E-state index in [2.05, 4.69) is 15.9 Å². The molecule has 5 rings (SSSR count). The first-order valence-electron chi connectivity index (χ1n) is 13.4. The van der Waals surface area contributed by atoms with Crippen LogP contribution in [0.5, 0.6) is 17.2 Å². The van der Waals surface area contributed by atoms with Crippen LogP contribution in [0, 0.1) is 5.82 Å². The van der Waals surface area contributed by atoms with Crippen LogP contribution in [0.25, 0.3) is 21.9 Å². The normalized spacial score (nSPS) is 14.1. The zero-order valence-corrected chi connectivity index (χ0v) is 21.9. The first kappa shape index (κ1) is 25.9. The van der Waals surface area contributed by atoms with Crippen molar-refractivity contribution >= 4 is 16.5 Å². The second kappa shape index (κ2) is 11.7. The summed E-state index contributed by atoms with van der Waals surface area (Å²) < 4.78 is 20.7. The molecule has 1 aliphatic rings. The molecule has 38 heavy (non-hydrogen) atoms. The average Bonchev–Trinajstić information content (AvgIpc) is 2.93. The standard InChI is InChI=1S/C32H35FN2O3/c1-2-35(22-23-6-13-32(30(33)18-23)38-17-16-34-14-4-3-5-15-34)31-21-28(37)11-12-29(31)26-8-7-25-20-27(36)10-9-24(25)19-26/h6-13,18-21,36-37H,2-5,14-17,22H2,1H3. The minimum Gasteiger partial charge on any atom is -0.508 e. The van der Waals surface area contributed by atoms with Gasteiger partial charge in [-0.3, -0.25) is 4.90 Å². The Balaban J connectivity index is 1.33. The summed E-state index contributed by atoms with van der Waals surface area (Å²) in [6.45, 7) is 6.70. The summed E-state index contributed by atoms with van der Waals surface area (Å²) in [6.07, 6.45) is 3.74. The summed E-state index contributed by atoms with van der Waals surface area (Å²) >= 11 is 0. The van der Waals surface area contributed by atoms with Crippen LogP contribution in [-0.4, -0.2) is 47.9 Å². The van der Waals surface area contributed by atoms with Gasteiger partial charge in [0.1, 0.15) is 18.1 Å². The lowest BCUT2D eigenvalue weighted by Gasteiger charge is -2.27. The third kappa shape index (κ3) is 6.03. The summed E-state index contributed by atoms with van der Waals surface area (Å²) in [5.74, 6) is 0.343. The predicted molar refractivity (Wildman–Crippen MR) is 152 cm³/mol. The van der Waals surface area contributed by atoms with Crippen molar-refractivity contribution in [1.29, 1.82) is 0 Å². The molecule has 0 amide bonds. The van der Waals surface area contributed by atoms with Gasteiger partial charge in [0.15, 0.2) is 11.6 Å². The predicted octanol–water partition coefficient (Wildman–Crippen LogP) is 6.95. The Kier molecular flexibility index (Phi) is 7.99. The molecule has 4 aromatic carbocycles. The molecule has 0 radical (unpaired) electrons. The molecule has 1 aliphatic heterocycles. The van der Waals surface area contributed by atoms with Crippen molar-refractivity contribution in [1.82, 2.24) is 4.90 Å². The van der Waals surface area contributed by atoms with Gasteiger partial charge >= 0.3 is 0 Å². The van der Waals surface area contributed by atoms with Gasteiger partial charge < -0.3 is 19.8 Å². The van der Waals surface area contributed by atoms with Crippen LogP contribution in [0.4, 0.5) is 10.1 Å². The van der Waals surface area contributed by atoms with Gasteiger partial charge in [0.2, 0.25) is 0 Å². The quantitative estimate of drug-likeness (QED) is 0.253. The second-order valence-electron chi connectivity index (χ2n) is 9.98. The number of anilines is 1. The molecule has 0 unspecified atom stereocenters.